The molecule has 1 unspecified atom stereocenters. The van der Waals surface area contributed by atoms with Gasteiger partial charge in [0.2, 0.25) is 0 Å². The van der Waals surface area contributed by atoms with E-state index in [1.165, 1.54) is 0 Å². The molecule has 0 aliphatic rings. The van der Waals surface area contributed by atoms with E-state index in [1.54, 1.807) is 0 Å². The zero-order chi connectivity index (χ0) is 5.86. The largest absolute Gasteiger partial charge is 0.370 e. The molecule has 0 amide bonds. The van der Waals surface area contributed by atoms with Gasteiger partial charge in [-0.2, -0.15) is 0 Å². The standard InChI is InChI=1S/C4H10N3/c1-3(2)7-4(5)6/h3H,1H2,2H3,(H4,5,6,7). The maximum Gasteiger partial charge on any atom is 0.185 e. The van der Waals surface area contributed by atoms with Crippen LogP contribution < -0.4 is 11.1 Å². The van der Waals surface area contributed by atoms with Gasteiger partial charge >= 0.3 is 0 Å². The average molecular weight is 100 g/mol. The van der Waals surface area contributed by atoms with E-state index in [0.717, 1.165) is 0 Å². The topological polar surface area (TPSA) is 61.9 Å². The Bertz CT molecular complexity index is 67.3. The maximum atomic E-state index is 6.65. The molecule has 0 aliphatic carbocycles. The summed E-state index contributed by atoms with van der Waals surface area (Å²) >= 11 is 0. The Hall–Kier alpha value is -0.730. The van der Waals surface area contributed by atoms with Gasteiger partial charge in [-0.15, -0.1) is 0 Å². The second kappa shape index (κ2) is 2.44. The van der Waals surface area contributed by atoms with E-state index >= 15 is 0 Å². The quantitative estimate of drug-likeness (QED) is 0.313. The lowest BCUT2D eigenvalue weighted by Crippen LogP contribution is -2.35. The summed E-state index contributed by atoms with van der Waals surface area (Å²) in [5.41, 5.74) is 4.93. The SMILES string of the molecule is [CH2]C(C)NC(=N)N. The van der Waals surface area contributed by atoms with Crippen molar-refractivity contribution in [3.8, 4) is 0 Å². The van der Waals surface area contributed by atoms with Gasteiger partial charge in [0.1, 0.15) is 0 Å². The Labute approximate surface area is 43.4 Å². The number of guanidine groups is 1. The predicted molar refractivity (Wildman–Crippen MR) is 29.9 cm³/mol. The van der Waals surface area contributed by atoms with Crippen LogP contribution in [0.5, 0.6) is 0 Å². The molecule has 41 valence electrons. The summed E-state index contributed by atoms with van der Waals surface area (Å²) in [7, 11) is 0. The molecule has 0 heterocycles. The van der Waals surface area contributed by atoms with Gasteiger partial charge in [-0.3, -0.25) is 5.41 Å². The zero-order valence-electron chi connectivity index (χ0n) is 4.36. The second-order valence-electron chi connectivity index (χ2n) is 1.46. The van der Waals surface area contributed by atoms with Gasteiger partial charge < -0.3 is 11.1 Å². The summed E-state index contributed by atoms with van der Waals surface area (Å²) in [4.78, 5) is 0. The van der Waals surface area contributed by atoms with E-state index in [-0.39, 0.29) is 12.0 Å². The highest BCUT2D eigenvalue weighted by Gasteiger charge is 1.88. The van der Waals surface area contributed by atoms with Gasteiger partial charge in [-0.05, 0) is 13.8 Å². The Balaban J connectivity index is 3.13. The minimum absolute atomic E-state index is 0.0255. The van der Waals surface area contributed by atoms with Crippen molar-refractivity contribution in [2.24, 2.45) is 5.73 Å². The first-order valence-electron chi connectivity index (χ1n) is 2.06. The van der Waals surface area contributed by atoms with Crippen molar-refractivity contribution in [2.75, 3.05) is 0 Å². The molecular weight excluding hydrogens is 90.1 g/mol. The summed E-state index contributed by atoms with van der Waals surface area (Å²) in [5, 5.41) is 9.21. The smallest absolute Gasteiger partial charge is 0.185 e. The van der Waals surface area contributed by atoms with Crippen LogP contribution in [-0.4, -0.2) is 12.0 Å². The first-order chi connectivity index (χ1) is 3.13. The third-order valence-corrected chi connectivity index (χ3v) is 0.402. The summed E-state index contributed by atoms with van der Waals surface area (Å²) in [5.74, 6) is -0.0255. The fourth-order valence-electron chi connectivity index (χ4n) is 0.265. The number of hydrogen-bond donors (Lipinski definition) is 3. The Morgan fingerprint density at radius 2 is 2.43 bits per heavy atom. The molecule has 7 heavy (non-hydrogen) atoms. The summed E-state index contributed by atoms with van der Waals surface area (Å²) in [6.45, 7) is 5.37. The summed E-state index contributed by atoms with van der Waals surface area (Å²) in [6, 6.07) is 0.0255. The second-order valence-corrected chi connectivity index (χ2v) is 1.46. The van der Waals surface area contributed by atoms with E-state index in [2.05, 4.69) is 12.2 Å². The van der Waals surface area contributed by atoms with Crippen molar-refractivity contribution < 1.29 is 0 Å². The van der Waals surface area contributed by atoms with Gasteiger partial charge in [0.25, 0.3) is 0 Å². The third kappa shape index (κ3) is 5.27. The van der Waals surface area contributed by atoms with E-state index in [0.29, 0.717) is 0 Å². The van der Waals surface area contributed by atoms with Gasteiger partial charge in [0.15, 0.2) is 5.96 Å². The van der Waals surface area contributed by atoms with E-state index < -0.39 is 0 Å². The molecule has 0 fully saturated rings. The average Bonchev–Trinajstić information content (AvgIpc) is 1.27. The molecule has 3 nitrogen and oxygen atoms in total. The molecule has 1 atom stereocenters. The van der Waals surface area contributed by atoms with Crippen molar-refractivity contribution in [2.45, 2.75) is 13.0 Å². The molecule has 0 aromatic heterocycles. The third-order valence-electron chi connectivity index (χ3n) is 0.402. The molecule has 0 aliphatic heterocycles. The fraction of sp³-hybridized carbons (Fsp3) is 0.500. The van der Waals surface area contributed by atoms with Crippen molar-refractivity contribution >= 4 is 5.96 Å². The van der Waals surface area contributed by atoms with Crippen LogP contribution in [0.3, 0.4) is 0 Å². The number of rotatable bonds is 1. The molecule has 1 radical (unpaired) electrons. The van der Waals surface area contributed by atoms with Gasteiger partial charge in [0.05, 0.1) is 0 Å². The minimum atomic E-state index is -0.0255. The normalized spacial score (nSPS) is 9.00. The van der Waals surface area contributed by atoms with Crippen molar-refractivity contribution in [1.29, 1.82) is 5.41 Å². The molecule has 0 spiro atoms. The predicted octanol–water partition coefficient (Wildman–Crippen LogP) is -0.308. The Kier molecular flexibility index (Phi) is 2.19. The van der Waals surface area contributed by atoms with Crippen LogP contribution in [0.1, 0.15) is 6.92 Å². The van der Waals surface area contributed by atoms with Crippen LogP contribution in [0.4, 0.5) is 0 Å². The van der Waals surface area contributed by atoms with Crippen LogP contribution in [0.15, 0.2) is 0 Å². The molecule has 0 aromatic rings. The van der Waals surface area contributed by atoms with E-state index in [9.17, 15) is 0 Å². The van der Waals surface area contributed by atoms with Gasteiger partial charge in [-0.1, -0.05) is 0 Å². The van der Waals surface area contributed by atoms with Crippen LogP contribution >= 0.6 is 0 Å². The first-order valence-corrected chi connectivity index (χ1v) is 2.06. The maximum absolute atomic E-state index is 6.65. The molecule has 0 aromatic carbocycles. The minimum Gasteiger partial charge on any atom is -0.370 e. The van der Waals surface area contributed by atoms with Crippen molar-refractivity contribution in [3.63, 3.8) is 0 Å². The first kappa shape index (κ1) is 6.27. The molecule has 3 heteroatoms. The number of nitrogens with one attached hydrogen (secondary N) is 2. The molecule has 0 saturated carbocycles. The molecular formula is C4H10N3. The zero-order valence-corrected chi connectivity index (χ0v) is 4.36. The lowest BCUT2D eigenvalue weighted by atomic mass is 10.4. The molecule has 0 rings (SSSR count). The highest BCUT2D eigenvalue weighted by molar-refractivity contribution is 5.74. The number of nitrogens with two attached hydrogens (primary N) is 1. The molecule has 4 N–H and O–H groups in total. The molecule has 0 bridgehead atoms. The number of hydrogen-bond acceptors (Lipinski definition) is 1. The van der Waals surface area contributed by atoms with Crippen molar-refractivity contribution in [3.05, 3.63) is 6.92 Å². The Morgan fingerprint density at radius 3 is 2.43 bits per heavy atom. The fourth-order valence-corrected chi connectivity index (χ4v) is 0.265. The van der Waals surface area contributed by atoms with Gasteiger partial charge in [-0.25, -0.2) is 0 Å². The van der Waals surface area contributed by atoms with Crippen LogP contribution in [-0.2, 0) is 0 Å². The highest BCUT2D eigenvalue weighted by Crippen LogP contribution is 1.69. The lowest BCUT2D eigenvalue weighted by molar-refractivity contribution is 0.791. The molecule has 0 saturated heterocycles. The van der Waals surface area contributed by atoms with Crippen LogP contribution in [0.25, 0.3) is 0 Å². The van der Waals surface area contributed by atoms with Crippen LogP contribution in [0, 0.1) is 12.3 Å². The van der Waals surface area contributed by atoms with E-state index in [1.807, 2.05) is 6.92 Å². The highest BCUT2D eigenvalue weighted by atomic mass is 15.1. The summed E-state index contributed by atoms with van der Waals surface area (Å²) in [6.07, 6.45) is 0. The lowest BCUT2D eigenvalue weighted by Gasteiger charge is -2.04. The summed E-state index contributed by atoms with van der Waals surface area (Å²) < 4.78 is 0. The van der Waals surface area contributed by atoms with Crippen molar-refractivity contribution in [1.82, 2.24) is 5.32 Å². The monoisotopic (exact) mass is 100 g/mol. The van der Waals surface area contributed by atoms with E-state index in [4.69, 9.17) is 11.1 Å². The van der Waals surface area contributed by atoms with Crippen LogP contribution in [0.2, 0.25) is 0 Å². The Morgan fingerprint density at radius 1 is 2.00 bits per heavy atom. The van der Waals surface area contributed by atoms with Gasteiger partial charge in [0, 0.05) is 6.04 Å².